The number of nitro groups is 1. The number of aromatic nitrogens is 2. The van der Waals surface area contributed by atoms with E-state index in [9.17, 15) is 14.9 Å². The molecule has 0 atom stereocenters. The Kier molecular flexibility index (Phi) is 5.37. The molecule has 3 rings (SSSR count). The monoisotopic (exact) mass is 357 g/mol. The molecule has 1 aromatic heterocycles. The van der Waals surface area contributed by atoms with Gasteiger partial charge in [0.05, 0.1) is 30.4 Å². The van der Waals surface area contributed by atoms with Gasteiger partial charge in [-0.05, 0) is 19.1 Å². The summed E-state index contributed by atoms with van der Waals surface area (Å²) in [6, 6.07) is 7.42. The molecule has 136 valence electrons. The number of carbonyl (C=O) groups excluding carboxylic acids is 1. The second kappa shape index (κ2) is 7.87. The molecule has 0 saturated carbocycles. The Morgan fingerprint density at radius 1 is 1.31 bits per heavy atom. The predicted octanol–water partition coefficient (Wildman–Crippen LogP) is 1.46. The SMILES string of the molecule is Cc1cc(CNC(=O)c2cccc([N+](=O)[O-])c2)nc(N2CCOCC2)n1. The second-order valence-electron chi connectivity index (χ2n) is 5.89. The number of non-ortho nitro benzene ring substituents is 1. The van der Waals surface area contributed by atoms with Crippen molar-refractivity contribution in [2.24, 2.45) is 0 Å². The first-order chi connectivity index (χ1) is 12.5. The maximum atomic E-state index is 12.3. The van der Waals surface area contributed by atoms with Gasteiger partial charge in [-0.15, -0.1) is 0 Å². The number of aryl methyl sites for hydroxylation is 1. The van der Waals surface area contributed by atoms with E-state index in [1.54, 1.807) is 6.07 Å². The number of nitrogens with zero attached hydrogens (tertiary/aromatic N) is 4. The maximum absolute atomic E-state index is 12.3. The minimum absolute atomic E-state index is 0.120. The van der Waals surface area contributed by atoms with Gasteiger partial charge in [-0.3, -0.25) is 14.9 Å². The van der Waals surface area contributed by atoms with Gasteiger partial charge in [0.1, 0.15) is 0 Å². The number of hydrogen-bond acceptors (Lipinski definition) is 7. The van der Waals surface area contributed by atoms with Gasteiger partial charge in [-0.25, -0.2) is 9.97 Å². The Hall–Kier alpha value is -3.07. The third-order valence-electron chi connectivity index (χ3n) is 3.94. The summed E-state index contributed by atoms with van der Waals surface area (Å²) in [4.78, 5) is 33.5. The number of morpholine rings is 1. The molecule has 0 bridgehead atoms. The van der Waals surface area contributed by atoms with Gasteiger partial charge in [0.25, 0.3) is 11.6 Å². The molecule has 26 heavy (non-hydrogen) atoms. The number of amides is 1. The van der Waals surface area contributed by atoms with Gasteiger partial charge in [0.15, 0.2) is 0 Å². The zero-order valence-corrected chi connectivity index (χ0v) is 14.3. The van der Waals surface area contributed by atoms with E-state index in [-0.39, 0.29) is 17.8 Å². The van der Waals surface area contributed by atoms with Gasteiger partial charge >= 0.3 is 0 Å². The Bertz CT molecular complexity index is 821. The molecule has 9 nitrogen and oxygen atoms in total. The predicted molar refractivity (Wildman–Crippen MR) is 94.1 cm³/mol. The molecule has 0 radical (unpaired) electrons. The van der Waals surface area contributed by atoms with Gasteiger partial charge in [-0.2, -0.15) is 0 Å². The molecule has 1 amide bonds. The fourth-order valence-electron chi connectivity index (χ4n) is 2.65. The largest absolute Gasteiger partial charge is 0.378 e. The van der Waals surface area contributed by atoms with Gasteiger partial charge < -0.3 is 15.0 Å². The molecule has 2 aromatic rings. The number of ether oxygens (including phenoxy) is 1. The van der Waals surface area contributed by atoms with E-state index in [2.05, 4.69) is 15.3 Å². The van der Waals surface area contributed by atoms with E-state index in [1.165, 1.54) is 24.3 Å². The van der Waals surface area contributed by atoms with Crippen molar-refractivity contribution in [3.8, 4) is 0 Å². The topological polar surface area (TPSA) is 110 Å². The van der Waals surface area contributed by atoms with E-state index in [1.807, 2.05) is 11.8 Å². The molecule has 1 aliphatic heterocycles. The van der Waals surface area contributed by atoms with Crippen molar-refractivity contribution in [2.75, 3.05) is 31.2 Å². The fraction of sp³-hybridized carbons (Fsp3) is 0.353. The molecule has 1 saturated heterocycles. The summed E-state index contributed by atoms with van der Waals surface area (Å²) < 4.78 is 5.33. The molecule has 0 spiro atoms. The molecule has 2 heterocycles. The molecule has 1 fully saturated rings. The van der Waals surface area contributed by atoms with E-state index in [0.717, 1.165) is 18.8 Å². The summed E-state index contributed by atoms with van der Waals surface area (Å²) in [7, 11) is 0. The first kappa shape index (κ1) is 17.7. The van der Waals surface area contributed by atoms with Crippen LogP contribution < -0.4 is 10.2 Å². The van der Waals surface area contributed by atoms with Crippen molar-refractivity contribution >= 4 is 17.5 Å². The molecule has 9 heteroatoms. The van der Waals surface area contributed by atoms with Crippen LogP contribution in [0.2, 0.25) is 0 Å². The van der Waals surface area contributed by atoms with Crippen LogP contribution in [0, 0.1) is 17.0 Å². The second-order valence-corrected chi connectivity index (χ2v) is 5.89. The Labute approximate surface area is 150 Å². The Morgan fingerprint density at radius 3 is 2.81 bits per heavy atom. The Morgan fingerprint density at radius 2 is 2.08 bits per heavy atom. The lowest BCUT2D eigenvalue weighted by Gasteiger charge is -2.27. The van der Waals surface area contributed by atoms with E-state index in [0.29, 0.717) is 24.9 Å². The van der Waals surface area contributed by atoms with Crippen LogP contribution in [-0.4, -0.2) is 47.1 Å². The average Bonchev–Trinajstić information content (AvgIpc) is 2.66. The first-order valence-electron chi connectivity index (χ1n) is 8.23. The highest BCUT2D eigenvalue weighted by atomic mass is 16.6. The van der Waals surface area contributed by atoms with Crippen molar-refractivity contribution in [1.29, 1.82) is 0 Å². The quantitative estimate of drug-likeness (QED) is 0.637. The van der Waals surface area contributed by atoms with Crippen LogP contribution in [0.15, 0.2) is 30.3 Å². The lowest BCUT2D eigenvalue weighted by Crippen LogP contribution is -2.37. The summed E-state index contributed by atoms with van der Waals surface area (Å²) in [6.45, 7) is 4.80. The summed E-state index contributed by atoms with van der Waals surface area (Å²) >= 11 is 0. The molecular weight excluding hydrogens is 338 g/mol. The van der Waals surface area contributed by atoms with E-state index in [4.69, 9.17) is 4.74 Å². The average molecular weight is 357 g/mol. The van der Waals surface area contributed by atoms with Gasteiger partial charge in [0, 0.05) is 36.5 Å². The standard InChI is InChI=1S/C17H19N5O4/c1-12-9-14(20-17(19-12)21-5-7-26-8-6-21)11-18-16(23)13-3-2-4-15(10-13)22(24)25/h2-4,9-10H,5-8,11H2,1H3,(H,18,23). The highest BCUT2D eigenvalue weighted by Crippen LogP contribution is 2.14. The zero-order chi connectivity index (χ0) is 18.5. The summed E-state index contributed by atoms with van der Waals surface area (Å²) in [5, 5.41) is 13.6. The fourth-order valence-corrected chi connectivity index (χ4v) is 2.65. The molecule has 0 unspecified atom stereocenters. The van der Waals surface area contributed by atoms with Crippen LogP contribution in [0.4, 0.5) is 11.6 Å². The normalized spacial score (nSPS) is 14.1. The van der Waals surface area contributed by atoms with Crippen molar-refractivity contribution in [3.05, 3.63) is 57.4 Å². The number of rotatable bonds is 5. The number of hydrogen-bond donors (Lipinski definition) is 1. The summed E-state index contributed by atoms with van der Waals surface area (Å²) in [5.41, 5.74) is 1.60. The highest BCUT2D eigenvalue weighted by molar-refractivity contribution is 5.94. The third kappa shape index (κ3) is 4.31. The highest BCUT2D eigenvalue weighted by Gasteiger charge is 2.16. The summed E-state index contributed by atoms with van der Waals surface area (Å²) in [5.74, 6) is 0.228. The first-order valence-corrected chi connectivity index (χ1v) is 8.23. The van der Waals surface area contributed by atoms with Gasteiger partial charge in [-0.1, -0.05) is 6.07 Å². The molecule has 1 N–H and O–H groups in total. The van der Waals surface area contributed by atoms with Crippen molar-refractivity contribution < 1.29 is 14.5 Å². The lowest BCUT2D eigenvalue weighted by atomic mass is 10.2. The summed E-state index contributed by atoms with van der Waals surface area (Å²) in [6.07, 6.45) is 0. The van der Waals surface area contributed by atoms with E-state index < -0.39 is 10.8 Å². The molecule has 1 aliphatic rings. The number of nitro benzene ring substituents is 1. The smallest absolute Gasteiger partial charge is 0.270 e. The third-order valence-corrected chi connectivity index (χ3v) is 3.94. The number of benzene rings is 1. The Balaban J connectivity index is 1.69. The minimum Gasteiger partial charge on any atom is -0.378 e. The van der Waals surface area contributed by atoms with Crippen molar-refractivity contribution in [1.82, 2.24) is 15.3 Å². The van der Waals surface area contributed by atoms with Crippen LogP contribution in [0.1, 0.15) is 21.7 Å². The van der Waals surface area contributed by atoms with Crippen molar-refractivity contribution in [2.45, 2.75) is 13.5 Å². The minimum atomic E-state index is -0.529. The van der Waals surface area contributed by atoms with Crippen LogP contribution in [0.3, 0.4) is 0 Å². The molecule has 0 aliphatic carbocycles. The molecule has 1 aromatic carbocycles. The number of carbonyl (C=O) groups is 1. The zero-order valence-electron chi connectivity index (χ0n) is 14.3. The van der Waals surface area contributed by atoms with Gasteiger partial charge in [0.2, 0.25) is 5.95 Å². The maximum Gasteiger partial charge on any atom is 0.270 e. The lowest BCUT2D eigenvalue weighted by molar-refractivity contribution is -0.384. The van der Waals surface area contributed by atoms with E-state index >= 15 is 0 Å². The number of nitrogens with one attached hydrogen (secondary N) is 1. The van der Waals surface area contributed by atoms with Crippen LogP contribution >= 0.6 is 0 Å². The van der Waals surface area contributed by atoms with Crippen molar-refractivity contribution in [3.63, 3.8) is 0 Å². The van der Waals surface area contributed by atoms with Crippen LogP contribution in [0.5, 0.6) is 0 Å². The van der Waals surface area contributed by atoms with Crippen LogP contribution in [-0.2, 0) is 11.3 Å². The molecular formula is C17H19N5O4. The number of anilines is 1. The van der Waals surface area contributed by atoms with Crippen LogP contribution in [0.25, 0.3) is 0 Å².